The van der Waals surface area contributed by atoms with Gasteiger partial charge < -0.3 is 0 Å². The van der Waals surface area contributed by atoms with Crippen molar-refractivity contribution in [1.82, 2.24) is 9.97 Å². The van der Waals surface area contributed by atoms with E-state index in [1.807, 2.05) is 6.92 Å². The molecule has 1 aromatic rings. The van der Waals surface area contributed by atoms with Crippen LogP contribution in [0.3, 0.4) is 0 Å². The summed E-state index contributed by atoms with van der Waals surface area (Å²) in [6.07, 6.45) is 4.21. The zero-order chi connectivity index (χ0) is 12.3. The third-order valence-corrected chi connectivity index (χ3v) is 3.56. The second kappa shape index (κ2) is 4.71. The van der Waals surface area contributed by atoms with Gasteiger partial charge in [0.2, 0.25) is 10.0 Å². The fourth-order valence-corrected chi connectivity index (χ4v) is 1.62. The summed E-state index contributed by atoms with van der Waals surface area (Å²) in [5, 5.41) is 5.03. The predicted octanol–water partition coefficient (Wildman–Crippen LogP) is 1.08. The van der Waals surface area contributed by atoms with Crippen molar-refractivity contribution in [1.29, 1.82) is 0 Å². The summed E-state index contributed by atoms with van der Waals surface area (Å²) in [4.78, 5) is 8.28. The lowest BCUT2D eigenvalue weighted by Gasteiger charge is -2.04. The first-order chi connectivity index (χ1) is 7.36. The van der Waals surface area contributed by atoms with Crippen LogP contribution in [0.4, 0.5) is 0 Å². The van der Waals surface area contributed by atoms with Crippen LogP contribution in [0.25, 0.3) is 5.57 Å². The topological polar surface area (TPSA) is 85.9 Å². The Morgan fingerprint density at radius 3 is 2.19 bits per heavy atom. The molecule has 0 bridgehead atoms. The maximum absolute atomic E-state index is 11.1. The van der Waals surface area contributed by atoms with Crippen molar-refractivity contribution in [3.8, 4) is 0 Å². The van der Waals surface area contributed by atoms with Crippen molar-refractivity contribution in [2.45, 2.75) is 27.2 Å². The third-order valence-electron chi connectivity index (χ3n) is 2.40. The van der Waals surface area contributed by atoms with Crippen molar-refractivity contribution in [2.24, 2.45) is 5.14 Å². The maximum atomic E-state index is 11.1. The molecule has 0 saturated carbocycles. The van der Waals surface area contributed by atoms with E-state index in [2.05, 4.69) is 9.97 Å². The van der Waals surface area contributed by atoms with Crippen LogP contribution in [0.15, 0.2) is 17.3 Å². The number of aryl methyl sites for hydroxylation is 1. The van der Waals surface area contributed by atoms with E-state index >= 15 is 0 Å². The van der Waals surface area contributed by atoms with Gasteiger partial charge >= 0.3 is 0 Å². The highest BCUT2D eigenvalue weighted by Gasteiger charge is 2.12. The molecule has 0 radical (unpaired) electrons. The Bertz CT molecular complexity index is 503. The van der Waals surface area contributed by atoms with Gasteiger partial charge in [0, 0.05) is 18.0 Å². The van der Waals surface area contributed by atoms with Gasteiger partial charge in [-0.15, -0.1) is 0 Å². The molecule has 2 N–H and O–H groups in total. The first-order valence-electron chi connectivity index (χ1n) is 4.87. The van der Waals surface area contributed by atoms with Crippen molar-refractivity contribution in [3.05, 3.63) is 28.7 Å². The van der Waals surface area contributed by atoms with Crippen LogP contribution in [-0.4, -0.2) is 18.4 Å². The number of nitrogens with two attached hydrogens (primary N) is 1. The molecule has 1 heterocycles. The Labute approximate surface area is 95.5 Å². The predicted molar refractivity (Wildman–Crippen MR) is 62.8 cm³/mol. The van der Waals surface area contributed by atoms with Crippen molar-refractivity contribution < 1.29 is 8.42 Å². The van der Waals surface area contributed by atoms with Gasteiger partial charge in [-0.05, 0) is 25.8 Å². The second-order valence-electron chi connectivity index (χ2n) is 3.49. The van der Waals surface area contributed by atoms with E-state index in [9.17, 15) is 8.42 Å². The molecular weight excluding hydrogens is 226 g/mol. The van der Waals surface area contributed by atoms with Crippen LogP contribution in [-0.2, 0) is 16.4 Å². The number of rotatable bonds is 3. The molecule has 0 amide bonds. The van der Waals surface area contributed by atoms with Crippen LogP contribution in [0.2, 0.25) is 0 Å². The van der Waals surface area contributed by atoms with E-state index in [0.717, 1.165) is 12.0 Å². The monoisotopic (exact) mass is 241 g/mol. The maximum Gasteiger partial charge on any atom is 0.234 e. The van der Waals surface area contributed by atoms with E-state index in [4.69, 9.17) is 5.14 Å². The number of nitrogens with zero attached hydrogens (tertiary/aromatic N) is 2. The molecule has 0 spiro atoms. The minimum Gasteiger partial charge on any atom is -0.237 e. The minimum atomic E-state index is -3.67. The fourth-order valence-electron chi connectivity index (χ4n) is 1.10. The fraction of sp³-hybridized carbons (Fsp3) is 0.400. The van der Waals surface area contributed by atoms with E-state index in [1.165, 1.54) is 6.92 Å². The van der Waals surface area contributed by atoms with Crippen LogP contribution >= 0.6 is 0 Å². The molecule has 0 aliphatic rings. The zero-order valence-corrected chi connectivity index (χ0v) is 10.4. The Balaban J connectivity index is 3.19. The van der Waals surface area contributed by atoms with E-state index < -0.39 is 10.0 Å². The lowest BCUT2D eigenvalue weighted by molar-refractivity contribution is 0.603. The van der Waals surface area contributed by atoms with E-state index in [1.54, 1.807) is 19.3 Å². The Morgan fingerprint density at radius 2 is 1.81 bits per heavy atom. The van der Waals surface area contributed by atoms with Crippen LogP contribution < -0.4 is 5.14 Å². The summed E-state index contributed by atoms with van der Waals surface area (Å²) in [6, 6.07) is 0. The van der Waals surface area contributed by atoms with Crippen molar-refractivity contribution in [3.63, 3.8) is 0 Å². The average molecular weight is 241 g/mol. The number of primary sulfonamides is 1. The third kappa shape index (κ3) is 2.86. The molecule has 0 saturated heterocycles. The van der Waals surface area contributed by atoms with Gasteiger partial charge in [0.25, 0.3) is 0 Å². The molecule has 0 aromatic carbocycles. The number of aromatic nitrogens is 2. The molecule has 0 atom stereocenters. The molecule has 1 rings (SSSR count). The highest BCUT2D eigenvalue weighted by atomic mass is 32.2. The van der Waals surface area contributed by atoms with Crippen LogP contribution in [0.5, 0.6) is 0 Å². The quantitative estimate of drug-likeness (QED) is 0.857. The van der Waals surface area contributed by atoms with Gasteiger partial charge in [-0.2, -0.15) is 0 Å². The summed E-state index contributed by atoms with van der Waals surface area (Å²) in [5.41, 5.74) is 1.48. The second-order valence-corrected chi connectivity index (χ2v) is 5.20. The molecule has 88 valence electrons. The molecule has 0 fully saturated rings. The highest BCUT2D eigenvalue weighted by Crippen LogP contribution is 2.16. The first kappa shape index (κ1) is 12.8. The summed E-state index contributed by atoms with van der Waals surface area (Å²) >= 11 is 0. The van der Waals surface area contributed by atoms with E-state index in [-0.39, 0.29) is 4.91 Å². The number of hydrogen-bond donors (Lipinski definition) is 1. The largest absolute Gasteiger partial charge is 0.237 e. The zero-order valence-electron chi connectivity index (χ0n) is 9.56. The number of allylic oxidation sites excluding steroid dienone is 2. The lowest BCUT2D eigenvalue weighted by Crippen LogP contribution is -2.14. The normalized spacial score (nSPS) is 13.5. The van der Waals surface area contributed by atoms with Crippen LogP contribution in [0, 0.1) is 0 Å². The van der Waals surface area contributed by atoms with Gasteiger partial charge in [0.1, 0.15) is 0 Å². The standard InChI is InChI=1S/C10H15N3O2S/c1-4-9-5-12-10(13-6-9)7(2)8(3)16(11,14)15/h5-6H,4H2,1-3H3,(H2,11,14,15)/b8-7+. The number of hydrogen-bond acceptors (Lipinski definition) is 4. The average Bonchev–Trinajstić information content (AvgIpc) is 2.26. The summed E-state index contributed by atoms with van der Waals surface area (Å²) in [5.74, 6) is 0.392. The Morgan fingerprint density at radius 1 is 1.31 bits per heavy atom. The van der Waals surface area contributed by atoms with Gasteiger partial charge in [-0.25, -0.2) is 23.5 Å². The molecule has 6 heteroatoms. The van der Waals surface area contributed by atoms with E-state index in [0.29, 0.717) is 11.4 Å². The number of sulfonamides is 1. The summed E-state index contributed by atoms with van der Waals surface area (Å²) < 4.78 is 22.3. The summed E-state index contributed by atoms with van der Waals surface area (Å²) in [6.45, 7) is 5.08. The van der Waals surface area contributed by atoms with Crippen molar-refractivity contribution in [2.75, 3.05) is 0 Å². The molecule has 0 aliphatic heterocycles. The molecular formula is C10H15N3O2S. The molecule has 0 unspecified atom stereocenters. The van der Waals surface area contributed by atoms with Crippen LogP contribution in [0.1, 0.15) is 32.2 Å². The lowest BCUT2D eigenvalue weighted by atomic mass is 10.2. The smallest absolute Gasteiger partial charge is 0.234 e. The van der Waals surface area contributed by atoms with Crippen molar-refractivity contribution >= 4 is 15.6 Å². The Hall–Kier alpha value is -1.27. The molecule has 0 aliphatic carbocycles. The Kier molecular flexibility index (Phi) is 3.77. The first-order valence-corrected chi connectivity index (χ1v) is 6.42. The SMILES string of the molecule is CCc1cnc(/C(C)=C(\C)S(N)(=O)=O)nc1. The molecule has 1 aromatic heterocycles. The van der Waals surface area contributed by atoms with Gasteiger partial charge in [-0.3, -0.25) is 0 Å². The molecule has 5 nitrogen and oxygen atoms in total. The van der Waals surface area contributed by atoms with Gasteiger partial charge in [0.15, 0.2) is 5.82 Å². The summed E-state index contributed by atoms with van der Waals surface area (Å²) in [7, 11) is -3.67. The van der Waals surface area contributed by atoms with Gasteiger partial charge in [0.05, 0.1) is 4.91 Å². The van der Waals surface area contributed by atoms with Gasteiger partial charge in [-0.1, -0.05) is 6.92 Å². The minimum absolute atomic E-state index is 0.0942. The highest BCUT2D eigenvalue weighted by molar-refractivity contribution is 7.93. The molecule has 16 heavy (non-hydrogen) atoms.